The Morgan fingerprint density at radius 3 is 2.52 bits per heavy atom. The third kappa shape index (κ3) is 6.51. The third-order valence-corrected chi connectivity index (χ3v) is 6.97. The van der Waals surface area contributed by atoms with Gasteiger partial charge in [-0.05, 0) is 75.9 Å². The maximum absolute atomic E-state index is 5.79. The molecule has 1 unspecified atom stereocenters. The van der Waals surface area contributed by atoms with E-state index in [1.807, 2.05) is 6.07 Å². The number of ether oxygens (including phenoxy) is 1. The number of rotatable bonds is 8. The van der Waals surface area contributed by atoms with Gasteiger partial charge in [0.25, 0.3) is 0 Å². The summed E-state index contributed by atoms with van der Waals surface area (Å²) in [6.07, 6.45) is 6.29. The first-order valence-electron chi connectivity index (χ1n) is 12.2. The van der Waals surface area contributed by atoms with E-state index in [2.05, 4.69) is 59.7 Å². The first-order chi connectivity index (χ1) is 15.7. The van der Waals surface area contributed by atoms with Gasteiger partial charge in [0.15, 0.2) is 5.96 Å². The van der Waals surface area contributed by atoms with Crippen LogP contribution in [0, 0.1) is 6.92 Å². The molecule has 1 atom stereocenters. The molecule has 2 aromatic rings. The van der Waals surface area contributed by atoms with Gasteiger partial charge in [0.2, 0.25) is 0 Å². The standard InChI is InChI=1S/C26H38N4O2.HI/c1-3-27-25(28-19-23(24-11-8-16-32-24)30-14-6-7-15-30)29-20-26(12-17-31-18-13-26)22-10-5-4-9-21(22)2;/h4-5,8-11,16,23H,3,6-7,12-15,17-20H2,1-2H3,(H2,27,28,29);1H. The monoisotopic (exact) mass is 566 g/mol. The van der Waals surface area contributed by atoms with Crippen molar-refractivity contribution in [3.63, 3.8) is 0 Å². The van der Waals surface area contributed by atoms with Gasteiger partial charge in [0.1, 0.15) is 5.76 Å². The predicted octanol–water partition coefficient (Wildman–Crippen LogP) is 4.65. The lowest BCUT2D eigenvalue weighted by Gasteiger charge is -2.37. The minimum atomic E-state index is 0. The molecule has 0 saturated carbocycles. The van der Waals surface area contributed by atoms with E-state index in [1.165, 1.54) is 24.0 Å². The highest BCUT2D eigenvalue weighted by molar-refractivity contribution is 14.0. The molecule has 2 aliphatic rings. The van der Waals surface area contributed by atoms with Crippen LogP contribution >= 0.6 is 24.0 Å². The zero-order valence-corrected chi connectivity index (χ0v) is 22.3. The second-order valence-electron chi connectivity index (χ2n) is 9.06. The van der Waals surface area contributed by atoms with Crippen LogP contribution in [0.3, 0.4) is 0 Å². The summed E-state index contributed by atoms with van der Waals surface area (Å²) in [6.45, 7) is 10.5. The molecule has 0 spiro atoms. The van der Waals surface area contributed by atoms with Gasteiger partial charge in [-0.3, -0.25) is 9.89 Å². The lowest BCUT2D eigenvalue weighted by molar-refractivity contribution is 0.0529. The number of aliphatic imine (C=N–C) groups is 1. The van der Waals surface area contributed by atoms with Crippen molar-refractivity contribution < 1.29 is 9.15 Å². The molecule has 0 aliphatic carbocycles. The molecule has 0 amide bonds. The number of likely N-dealkylation sites (tertiary alicyclic amines) is 1. The van der Waals surface area contributed by atoms with Crippen LogP contribution in [0.15, 0.2) is 52.1 Å². The number of furan rings is 1. The van der Waals surface area contributed by atoms with E-state index in [0.717, 1.165) is 70.5 Å². The second-order valence-corrected chi connectivity index (χ2v) is 9.06. The Morgan fingerprint density at radius 2 is 1.85 bits per heavy atom. The largest absolute Gasteiger partial charge is 0.468 e. The van der Waals surface area contributed by atoms with Crippen molar-refractivity contribution in [3.05, 3.63) is 59.5 Å². The number of hydrogen-bond donors (Lipinski definition) is 2. The molecule has 7 heteroatoms. The van der Waals surface area contributed by atoms with Gasteiger partial charge in [-0.15, -0.1) is 24.0 Å². The summed E-state index contributed by atoms with van der Waals surface area (Å²) >= 11 is 0. The summed E-state index contributed by atoms with van der Waals surface area (Å²) in [7, 11) is 0. The van der Waals surface area contributed by atoms with Gasteiger partial charge in [-0.2, -0.15) is 0 Å². The lowest BCUT2D eigenvalue weighted by atomic mass is 9.72. The molecule has 33 heavy (non-hydrogen) atoms. The smallest absolute Gasteiger partial charge is 0.191 e. The van der Waals surface area contributed by atoms with Crippen LogP contribution in [0.2, 0.25) is 0 Å². The lowest BCUT2D eigenvalue weighted by Crippen LogP contribution is -2.44. The van der Waals surface area contributed by atoms with E-state index < -0.39 is 0 Å². The Kier molecular flexibility index (Phi) is 10.1. The Labute approximate surface area is 215 Å². The molecule has 2 fully saturated rings. The average Bonchev–Trinajstić information content (AvgIpc) is 3.54. The molecule has 1 aromatic heterocycles. The first-order valence-corrected chi connectivity index (χ1v) is 12.2. The van der Waals surface area contributed by atoms with Crippen molar-refractivity contribution in [2.45, 2.75) is 51.0 Å². The summed E-state index contributed by atoms with van der Waals surface area (Å²) in [4.78, 5) is 7.61. The number of guanidine groups is 1. The first kappa shape index (κ1) is 26.0. The molecule has 2 aliphatic heterocycles. The highest BCUT2D eigenvalue weighted by Crippen LogP contribution is 2.37. The summed E-state index contributed by atoms with van der Waals surface area (Å²) in [5.41, 5.74) is 2.78. The Bertz CT molecular complexity index is 859. The Balaban J connectivity index is 0.00000306. The maximum Gasteiger partial charge on any atom is 0.191 e. The van der Waals surface area contributed by atoms with E-state index in [-0.39, 0.29) is 35.4 Å². The van der Waals surface area contributed by atoms with Crippen LogP contribution in [-0.2, 0) is 10.2 Å². The van der Waals surface area contributed by atoms with Crippen molar-refractivity contribution >= 4 is 29.9 Å². The molecule has 6 nitrogen and oxygen atoms in total. The minimum Gasteiger partial charge on any atom is -0.468 e. The molecule has 4 rings (SSSR count). The van der Waals surface area contributed by atoms with Crippen molar-refractivity contribution in [1.82, 2.24) is 15.5 Å². The fourth-order valence-corrected chi connectivity index (χ4v) is 5.15. The molecule has 0 bridgehead atoms. The number of hydrogen-bond acceptors (Lipinski definition) is 4. The highest BCUT2D eigenvalue weighted by atomic mass is 127. The predicted molar refractivity (Wildman–Crippen MR) is 145 cm³/mol. The summed E-state index contributed by atoms with van der Waals surface area (Å²) < 4.78 is 11.5. The van der Waals surface area contributed by atoms with Crippen LogP contribution in [0.4, 0.5) is 0 Å². The number of nitrogens with zero attached hydrogens (tertiary/aromatic N) is 2. The summed E-state index contributed by atoms with van der Waals surface area (Å²) in [5, 5.41) is 7.07. The molecular weight excluding hydrogens is 527 g/mol. The van der Waals surface area contributed by atoms with Gasteiger partial charge in [-0.1, -0.05) is 24.3 Å². The van der Waals surface area contributed by atoms with E-state index in [4.69, 9.17) is 14.1 Å². The normalized spacial score (nSPS) is 19.6. The number of benzene rings is 1. The zero-order chi connectivity index (χ0) is 22.2. The maximum atomic E-state index is 5.79. The summed E-state index contributed by atoms with van der Waals surface area (Å²) in [5.74, 6) is 1.90. The van der Waals surface area contributed by atoms with E-state index in [1.54, 1.807) is 6.26 Å². The number of nitrogens with one attached hydrogen (secondary N) is 2. The highest BCUT2D eigenvalue weighted by Gasteiger charge is 2.35. The van der Waals surface area contributed by atoms with Gasteiger partial charge in [0, 0.05) is 31.7 Å². The third-order valence-electron chi connectivity index (χ3n) is 6.97. The van der Waals surface area contributed by atoms with Crippen molar-refractivity contribution in [1.29, 1.82) is 0 Å². The molecule has 3 heterocycles. The quantitative estimate of drug-likeness (QED) is 0.277. The fourth-order valence-electron chi connectivity index (χ4n) is 5.15. The van der Waals surface area contributed by atoms with Crippen LogP contribution in [0.1, 0.15) is 55.5 Å². The molecule has 0 radical (unpaired) electrons. The van der Waals surface area contributed by atoms with Crippen molar-refractivity contribution in [2.75, 3.05) is 45.9 Å². The van der Waals surface area contributed by atoms with Gasteiger partial charge in [-0.25, -0.2) is 0 Å². The molecule has 182 valence electrons. The second kappa shape index (κ2) is 12.8. The molecular formula is C26H39IN4O2. The molecule has 2 N–H and O–H groups in total. The van der Waals surface area contributed by atoms with Crippen LogP contribution in [0.25, 0.3) is 0 Å². The zero-order valence-electron chi connectivity index (χ0n) is 20.0. The minimum absolute atomic E-state index is 0. The van der Waals surface area contributed by atoms with Crippen molar-refractivity contribution in [3.8, 4) is 0 Å². The summed E-state index contributed by atoms with van der Waals surface area (Å²) in [6, 6.07) is 13.0. The molecule has 1 aromatic carbocycles. The average molecular weight is 567 g/mol. The van der Waals surface area contributed by atoms with E-state index in [0.29, 0.717) is 0 Å². The van der Waals surface area contributed by atoms with E-state index in [9.17, 15) is 0 Å². The topological polar surface area (TPSA) is 62.0 Å². The number of halogens is 1. The Morgan fingerprint density at radius 1 is 1.09 bits per heavy atom. The van der Waals surface area contributed by atoms with Gasteiger partial charge >= 0.3 is 0 Å². The molecule has 2 saturated heterocycles. The van der Waals surface area contributed by atoms with Gasteiger partial charge in [0.05, 0.1) is 18.8 Å². The number of aryl methyl sites for hydroxylation is 1. The van der Waals surface area contributed by atoms with Crippen LogP contribution in [-0.4, -0.2) is 56.8 Å². The fraction of sp³-hybridized carbons (Fsp3) is 0.577. The van der Waals surface area contributed by atoms with Crippen molar-refractivity contribution in [2.24, 2.45) is 4.99 Å². The van der Waals surface area contributed by atoms with Gasteiger partial charge < -0.3 is 19.8 Å². The Hall–Kier alpha value is -1.58. The SMILES string of the molecule is CCNC(=NCC1(c2ccccc2C)CCOCC1)NCC(c1ccco1)N1CCCC1.I. The van der Waals surface area contributed by atoms with Crippen LogP contribution < -0.4 is 10.6 Å². The van der Waals surface area contributed by atoms with E-state index >= 15 is 0 Å². The van der Waals surface area contributed by atoms with Crippen LogP contribution in [0.5, 0.6) is 0 Å².